The highest BCUT2D eigenvalue weighted by molar-refractivity contribution is 5.96. The Morgan fingerprint density at radius 1 is 1.16 bits per heavy atom. The number of carbonyl (C=O) groups is 2. The Morgan fingerprint density at radius 2 is 1.71 bits per heavy atom. The standard InChI is InChI=1S/C24H35NO3.C2H4O/c1-8-15(2)20(25)23(26)28-22-19-12-10-9-11-17(19)16(3)18(21(22)27-7)13-14-24(4,5)6;1-2-3/h9-12,15,20H,8,13-14,25H2,1-7H3;2H,1H3/p+1. The van der Waals surface area contributed by atoms with Gasteiger partial charge in [-0.15, -0.1) is 0 Å². The van der Waals surface area contributed by atoms with Gasteiger partial charge in [0.15, 0.2) is 17.5 Å². The Labute approximate surface area is 187 Å². The molecule has 3 N–H and O–H groups in total. The number of ether oxygens (including phenoxy) is 2. The first-order valence-electron chi connectivity index (χ1n) is 11.0. The van der Waals surface area contributed by atoms with Crippen molar-refractivity contribution in [1.29, 1.82) is 0 Å². The number of fused-ring (bicyclic) bond motifs is 1. The molecule has 2 aromatic carbocycles. The van der Waals surface area contributed by atoms with E-state index in [0.29, 0.717) is 11.5 Å². The number of carbonyl (C=O) groups excluding carboxylic acids is 2. The molecule has 5 nitrogen and oxygen atoms in total. The minimum absolute atomic E-state index is 0.163. The smallest absolute Gasteiger partial charge is 0.370 e. The Morgan fingerprint density at radius 3 is 2.19 bits per heavy atom. The highest BCUT2D eigenvalue weighted by atomic mass is 16.6. The fourth-order valence-electron chi connectivity index (χ4n) is 3.41. The highest BCUT2D eigenvalue weighted by Crippen LogP contribution is 2.43. The fourth-order valence-corrected chi connectivity index (χ4v) is 3.41. The molecular formula is C26H40NO4+. The number of rotatable bonds is 7. The molecule has 2 unspecified atom stereocenters. The fraction of sp³-hybridized carbons (Fsp3) is 0.538. The SMILES string of the molecule is CC=O.CCC(C)C([NH3+])C(=O)Oc1c(OC)c(CCC(C)(C)C)c(C)c2ccccc12. The zero-order valence-electron chi connectivity index (χ0n) is 20.5. The molecule has 0 spiro atoms. The molecule has 0 aliphatic heterocycles. The molecule has 5 heteroatoms. The van der Waals surface area contributed by atoms with Crippen molar-refractivity contribution >= 4 is 23.0 Å². The van der Waals surface area contributed by atoms with Crippen LogP contribution in [0.2, 0.25) is 0 Å². The van der Waals surface area contributed by atoms with Crippen LogP contribution in [0, 0.1) is 18.3 Å². The summed E-state index contributed by atoms with van der Waals surface area (Å²) in [6, 6.07) is 7.64. The van der Waals surface area contributed by atoms with Gasteiger partial charge in [-0.05, 0) is 49.5 Å². The average molecular weight is 431 g/mol. The first-order chi connectivity index (χ1) is 14.5. The van der Waals surface area contributed by atoms with Crippen molar-refractivity contribution < 1.29 is 24.8 Å². The highest BCUT2D eigenvalue weighted by Gasteiger charge is 2.29. The third-order valence-corrected chi connectivity index (χ3v) is 5.67. The molecule has 2 rings (SSSR count). The number of aryl methyl sites for hydroxylation is 1. The van der Waals surface area contributed by atoms with Gasteiger partial charge in [0.25, 0.3) is 0 Å². The third-order valence-electron chi connectivity index (χ3n) is 5.67. The van der Waals surface area contributed by atoms with Crippen molar-refractivity contribution in [2.24, 2.45) is 11.3 Å². The van der Waals surface area contributed by atoms with Gasteiger partial charge in [-0.1, -0.05) is 58.9 Å². The summed E-state index contributed by atoms with van der Waals surface area (Å²) in [5, 5.41) is 2.00. The molecule has 0 saturated carbocycles. The first kappa shape index (κ1) is 26.6. The number of methoxy groups -OCH3 is 1. The molecule has 172 valence electrons. The van der Waals surface area contributed by atoms with Gasteiger partial charge in [0, 0.05) is 16.9 Å². The van der Waals surface area contributed by atoms with Crippen LogP contribution >= 0.6 is 0 Å². The van der Waals surface area contributed by atoms with Crippen LogP contribution in [0.15, 0.2) is 24.3 Å². The lowest BCUT2D eigenvalue weighted by Gasteiger charge is -2.23. The minimum atomic E-state index is -0.409. The quantitative estimate of drug-likeness (QED) is 0.385. The topological polar surface area (TPSA) is 80.2 Å². The number of aldehydes is 1. The largest absolute Gasteiger partial charge is 0.493 e. The van der Waals surface area contributed by atoms with E-state index in [2.05, 4.69) is 46.4 Å². The van der Waals surface area contributed by atoms with Gasteiger partial charge in [0.05, 0.1) is 7.11 Å². The zero-order chi connectivity index (χ0) is 23.8. The lowest BCUT2D eigenvalue weighted by Crippen LogP contribution is -2.68. The summed E-state index contributed by atoms with van der Waals surface area (Å²) < 4.78 is 11.7. The van der Waals surface area contributed by atoms with Gasteiger partial charge in [0.1, 0.15) is 6.29 Å². The molecular weight excluding hydrogens is 390 g/mol. The number of hydrogen-bond acceptors (Lipinski definition) is 4. The van der Waals surface area contributed by atoms with E-state index in [0.717, 1.165) is 41.9 Å². The Balaban J connectivity index is 0.00000151. The molecule has 0 aromatic heterocycles. The van der Waals surface area contributed by atoms with E-state index in [1.807, 2.05) is 25.1 Å². The van der Waals surface area contributed by atoms with Crippen LogP contribution in [0.3, 0.4) is 0 Å². The van der Waals surface area contributed by atoms with Gasteiger partial charge in [-0.2, -0.15) is 0 Å². The number of benzene rings is 2. The molecule has 0 heterocycles. The van der Waals surface area contributed by atoms with E-state index in [1.54, 1.807) is 7.11 Å². The van der Waals surface area contributed by atoms with Gasteiger partial charge < -0.3 is 20.0 Å². The molecule has 2 atom stereocenters. The maximum absolute atomic E-state index is 12.8. The van der Waals surface area contributed by atoms with E-state index >= 15 is 0 Å². The predicted octanol–water partition coefficient (Wildman–Crippen LogP) is 4.90. The lowest BCUT2D eigenvalue weighted by atomic mass is 9.86. The summed E-state index contributed by atoms with van der Waals surface area (Å²) in [5.74, 6) is 1.05. The van der Waals surface area contributed by atoms with Crippen LogP contribution < -0.4 is 15.2 Å². The van der Waals surface area contributed by atoms with Gasteiger partial charge >= 0.3 is 5.97 Å². The van der Waals surface area contributed by atoms with Crippen LogP contribution in [0.25, 0.3) is 10.8 Å². The summed E-state index contributed by atoms with van der Waals surface area (Å²) in [6.07, 6.45) is 3.51. The molecule has 2 aromatic rings. The van der Waals surface area contributed by atoms with Crippen molar-refractivity contribution in [2.45, 2.75) is 73.8 Å². The van der Waals surface area contributed by atoms with Crippen LogP contribution in [0.4, 0.5) is 0 Å². The summed E-state index contributed by atoms with van der Waals surface area (Å²) in [5.41, 5.74) is 6.54. The maximum atomic E-state index is 12.8. The van der Waals surface area contributed by atoms with E-state index < -0.39 is 6.04 Å². The Kier molecular flexibility index (Phi) is 10.2. The number of quaternary nitrogens is 1. The number of esters is 1. The van der Waals surface area contributed by atoms with Gasteiger partial charge in [-0.25, -0.2) is 4.79 Å². The van der Waals surface area contributed by atoms with E-state index in [1.165, 1.54) is 12.5 Å². The average Bonchev–Trinajstić information content (AvgIpc) is 2.73. The van der Waals surface area contributed by atoms with Crippen LogP contribution in [0.1, 0.15) is 65.5 Å². The summed E-state index contributed by atoms with van der Waals surface area (Å²) in [4.78, 5) is 21.6. The zero-order valence-corrected chi connectivity index (χ0v) is 20.5. The lowest BCUT2D eigenvalue weighted by molar-refractivity contribution is -0.418. The predicted molar refractivity (Wildman–Crippen MR) is 127 cm³/mol. The van der Waals surface area contributed by atoms with Crippen molar-refractivity contribution in [3.8, 4) is 11.5 Å². The summed E-state index contributed by atoms with van der Waals surface area (Å²) in [6.45, 7) is 14.3. The second-order valence-corrected chi connectivity index (χ2v) is 9.22. The summed E-state index contributed by atoms with van der Waals surface area (Å²) in [7, 11) is 1.65. The molecule has 0 amide bonds. The van der Waals surface area contributed by atoms with Crippen LogP contribution in [-0.4, -0.2) is 25.4 Å². The monoisotopic (exact) mass is 430 g/mol. The van der Waals surface area contributed by atoms with Crippen molar-refractivity contribution in [3.05, 3.63) is 35.4 Å². The van der Waals surface area contributed by atoms with Crippen LogP contribution in [0.5, 0.6) is 11.5 Å². The first-order valence-corrected chi connectivity index (χ1v) is 11.0. The van der Waals surface area contributed by atoms with E-state index in [4.69, 9.17) is 14.3 Å². The van der Waals surface area contributed by atoms with E-state index in [9.17, 15) is 4.79 Å². The third kappa shape index (κ3) is 7.06. The second-order valence-electron chi connectivity index (χ2n) is 9.22. The van der Waals surface area contributed by atoms with Crippen molar-refractivity contribution in [1.82, 2.24) is 0 Å². The van der Waals surface area contributed by atoms with Gasteiger partial charge in [-0.3, -0.25) is 0 Å². The molecule has 0 radical (unpaired) electrons. The van der Waals surface area contributed by atoms with Gasteiger partial charge in [0.2, 0.25) is 0 Å². The molecule has 0 fully saturated rings. The molecule has 0 aliphatic carbocycles. The molecule has 0 aliphatic rings. The van der Waals surface area contributed by atoms with Crippen molar-refractivity contribution in [3.63, 3.8) is 0 Å². The normalized spacial score (nSPS) is 13.1. The molecule has 0 bridgehead atoms. The molecule has 0 saturated heterocycles. The summed E-state index contributed by atoms with van der Waals surface area (Å²) >= 11 is 0. The number of hydrogen-bond donors (Lipinski definition) is 1. The van der Waals surface area contributed by atoms with Crippen LogP contribution in [-0.2, 0) is 16.0 Å². The van der Waals surface area contributed by atoms with E-state index in [-0.39, 0.29) is 17.3 Å². The Bertz CT molecular complexity index is 883. The second kappa shape index (κ2) is 11.8. The molecule has 31 heavy (non-hydrogen) atoms. The van der Waals surface area contributed by atoms with Crippen molar-refractivity contribution in [2.75, 3.05) is 7.11 Å². The maximum Gasteiger partial charge on any atom is 0.370 e. The minimum Gasteiger partial charge on any atom is -0.493 e. The Hall–Kier alpha value is -2.40.